The molecule has 0 aliphatic rings. The standard InChI is InChI=1S/C15H10BrFN4OS/c16-10-5-13(23-8-10)6-19-20-15(22)14-7-18-9-21(14)12-3-1-11(17)2-4-12/h1-9H,(H,20,22). The van der Waals surface area contributed by atoms with Crippen LogP contribution in [0.3, 0.4) is 0 Å². The van der Waals surface area contributed by atoms with Crippen molar-refractivity contribution in [1.29, 1.82) is 0 Å². The lowest BCUT2D eigenvalue weighted by molar-refractivity contribution is 0.0948. The van der Waals surface area contributed by atoms with Crippen molar-refractivity contribution in [2.45, 2.75) is 0 Å². The minimum absolute atomic E-state index is 0.307. The molecule has 2 aromatic heterocycles. The van der Waals surface area contributed by atoms with Crippen LogP contribution in [-0.4, -0.2) is 21.7 Å². The molecule has 0 aliphatic heterocycles. The molecule has 0 saturated carbocycles. The summed E-state index contributed by atoms with van der Waals surface area (Å²) >= 11 is 4.85. The molecule has 5 nitrogen and oxygen atoms in total. The van der Waals surface area contributed by atoms with E-state index in [0.29, 0.717) is 11.4 Å². The van der Waals surface area contributed by atoms with Gasteiger partial charge in [-0.05, 0) is 46.3 Å². The van der Waals surface area contributed by atoms with Crippen molar-refractivity contribution in [2.75, 3.05) is 0 Å². The van der Waals surface area contributed by atoms with Crippen LogP contribution in [0, 0.1) is 5.82 Å². The Labute approximate surface area is 143 Å². The number of thiophene rings is 1. The van der Waals surface area contributed by atoms with E-state index in [1.165, 1.54) is 36.0 Å². The molecule has 0 aliphatic carbocycles. The molecule has 0 saturated heterocycles. The minimum Gasteiger partial charge on any atom is -0.295 e. The van der Waals surface area contributed by atoms with Crippen LogP contribution in [0.2, 0.25) is 0 Å². The summed E-state index contributed by atoms with van der Waals surface area (Å²) in [7, 11) is 0. The zero-order valence-electron chi connectivity index (χ0n) is 11.6. The van der Waals surface area contributed by atoms with Crippen molar-refractivity contribution >= 4 is 39.4 Å². The number of benzene rings is 1. The fourth-order valence-electron chi connectivity index (χ4n) is 1.88. The summed E-state index contributed by atoms with van der Waals surface area (Å²) in [5, 5.41) is 5.85. The van der Waals surface area contributed by atoms with Crippen LogP contribution in [-0.2, 0) is 0 Å². The highest BCUT2D eigenvalue weighted by molar-refractivity contribution is 9.10. The van der Waals surface area contributed by atoms with E-state index in [1.54, 1.807) is 22.9 Å². The Hall–Kier alpha value is -2.32. The lowest BCUT2D eigenvalue weighted by atomic mass is 10.3. The molecule has 116 valence electrons. The Morgan fingerprint density at radius 3 is 2.87 bits per heavy atom. The smallest absolute Gasteiger partial charge is 0.289 e. The largest absolute Gasteiger partial charge is 0.295 e. The number of carbonyl (C=O) groups excluding carboxylic acids is 1. The van der Waals surface area contributed by atoms with Crippen LogP contribution in [0.1, 0.15) is 15.4 Å². The number of hydrogen-bond donors (Lipinski definition) is 1. The van der Waals surface area contributed by atoms with Gasteiger partial charge < -0.3 is 0 Å². The summed E-state index contributed by atoms with van der Waals surface area (Å²) in [6, 6.07) is 7.68. The van der Waals surface area contributed by atoms with E-state index in [4.69, 9.17) is 0 Å². The van der Waals surface area contributed by atoms with Gasteiger partial charge in [0.1, 0.15) is 11.5 Å². The molecule has 3 rings (SSSR count). The maximum absolute atomic E-state index is 13.0. The molecule has 1 N–H and O–H groups in total. The van der Waals surface area contributed by atoms with Crippen molar-refractivity contribution in [1.82, 2.24) is 15.0 Å². The topological polar surface area (TPSA) is 59.3 Å². The Morgan fingerprint density at radius 2 is 2.17 bits per heavy atom. The van der Waals surface area contributed by atoms with Gasteiger partial charge in [-0.15, -0.1) is 11.3 Å². The highest BCUT2D eigenvalue weighted by Gasteiger charge is 2.12. The molecule has 1 aromatic carbocycles. The van der Waals surface area contributed by atoms with Crippen molar-refractivity contribution in [2.24, 2.45) is 5.10 Å². The van der Waals surface area contributed by atoms with E-state index in [2.05, 4.69) is 31.4 Å². The predicted octanol–water partition coefficient (Wildman–Crippen LogP) is 3.60. The monoisotopic (exact) mass is 392 g/mol. The molecule has 0 spiro atoms. The summed E-state index contributed by atoms with van der Waals surface area (Å²) in [4.78, 5) is 17.1. The van der Waals surface area contributed by atoms with E-state index >= 15 is 0 Å². The van der Waals surface area contributed by atoms with Crippen LogP contribution >= 0.6 is 27.3 Å². The number of nitrogens with zero attached hydrogens (tertiary/aromatic N) is 3. The van der Waals surface area contributed by atoms with Crippen molar-refractivity contribution in [3.05, 3.63) is 69.1 Å². The quantitative estimate of drug-likeness (QED) is 0.544. The zero-order valence-corrected chi connectivity index (χ0v) is 14.0. The molecule has 0 fully saturated rings. The molecule has 0 atom stereocenters. The lowest BCUT2D eigenvalue weighted by Crippen LogP contribution is -2.20. The highest BCUT2D eigenvalue weighted by atomic mass is 79.9. The Balaban J connectivity index is 1.74. The fourth-order valence-corrected chi connectivity index (χ4v) is 3.18. The van der Waals surface area contributed by atoms with Gasteiger partial charge in [0.15, 0.2) is 0 Å². The van der Waals surface area contributed by atoms with Gasteiger partial charge in [-0.3, -0.25) is 9.36 Å². The molecule has 0 radical (unpaired) electrons. The maximum atomic E-state index is 13.0. The minimum atomic E-state index is -0.404. The number of halogens is 2. The van der Waals surface area contributed by atoms with E-state index in [0.717, 1.165) is 9.35 Å². The molecule has 0 bridgehead atoms. The zero-order chi connectivity index (χ0) is 16.2. The molecule has 8 heteroatoms. The van der Waals surface area contributed by atoms with Gasteiger partial charge in [-0.1, -0.05) is 0 Å². The van der Waals surface area contributed by atoms with E-state index in [1.807, 2.05) is 11.4 Å². The first-order valence-corrected chi connectivity index (χ1v) is 8.16. The summed E-state index contributed by atoms with van der Waals surface area (Å²) in [6.45, 7) is 0. The van der Waals surface area contributed by atoms with E-state index in [-0.39, 0.29) is 5.82 Å². The average molecular weight is 393 g/mol. The van der Waals surface area contributed by atoms with E-state index in [9.17, 15) is 9.18 Å². The van der Waals surface area contributed by atoms with Crippen LogP contribution in [0.5, 0.6) is 0 Å². The third-order valence-corrected chi connectivity index (χ3v) is 4.55. The van der Waals surface area contributed by atoms with Crippen LogP contribution in [0.15, 0.2) is 57.8 Å². The van der Waals surface area contributed by atoms with Gasteiger partial charge in [0.05, 0.1) is 18.7 Å². The number of imidazole rings is 1. The summed E-state index contributed by atoms with van der Waals surface area (Å²) in [5.41, 5.74) is 3.40. The molecular weight excluding hydrogens is 383 g/mol. The van der Waals surface area contributed by atoms with Gasteiger partial charge in [0, 0.05) is 20.4 Å². The molecule has 23 heavy (non-hydrogen) atoms. The fraction of sp³-hybridized carbons (Fsp3) is 0. The highest BCUT2D eigenvalue weighted by Crippen LogP contribution is 2.17. The Bertz CT molecular complexity index is 857. The first-order valence-electron chi connectivity index (χ1n) is 6.49. The molecule has 2 heterocycles. The van der Waals surface area contributed by atoms with Crippen LogP contribution in [0.4, 0.5) is 4.39 Å². The molecule has 3 aromatic rings. The second kappa shape index (κ2) is 6.84. The number of hydrazone groups is 1. The number of aromatic nitrogens is 2. The number of hydrogen-bond acceptors (Lipinski definition) is 4. The number of carbonyl (C=O) groups is 1. The summed E-state index contributed by atoms with van der Waals surface area (Å²) in [5.74, 6) is -0.745. The Morgan fingerprint density at radius 1 is 1.39 bits per heavy atom. The van der Waals surface area contributed by atoms with Crippen LogP contribution in [0.25, 0.3) is 5.69 Å². The number of amides is 1. The first-order chi connectivity index (χ1) is 11.1. The summed E-state index contributed by atoms with van der Waals surface area (Å²) in [6.07, 6.45) is 4.48. The van der Waals surface area contributed by atoms with E-state index < -0.39 is 5.91 Å². The van der Waals surface area contributed by atoms with Gasteiger partial charge in [0.25, 0.3) is 5.91 Å². The normalized spacial score (nSPS) is 11.0. The second-order valence-electron chi connectivity index (χ2n) is 4.49. The van der Waals surface area contributed by atoms with Gasteiger partial charge >= 0.3 is 0 Å². The summed E-state index contributed by atoms with van der Waals surface area (Å²) < 4.78 is 15.5. The van der Waals surface area contributed by atoms with Crippen LogP contribution < -0.4 is 5.43 Å². The predicted molar refractivity (Wildman–Crippen MR) is 90.6 cm³/mol. The van der Waals surface area contributed by atoms with Gasteiger partial charge in [-0.2, -0.15) is 5.10 Å². The van der Waals surface area contributed by atoms with Crippen molar-refractivity contribution in [3.63, 3.8) is 0 Å². The third kappa shape index (κ3) is 3.72. The van der Waals surface area contributed by atoms with Gasteiger partial charge in [-0.25, -0.2) is 14.8 Å². The maximum Gasteiger partial charge on any atom is 0.289 e. The Kier molecular flexibility index (Phi) is 4.63. The first kappa shape index (κ1) is 15.6. The molecular formula is C15H10BrFN4OS. The number of nitrogens with one attached hydrogen (secondary N) is 1. The number of rotatable bonds is 4. The van der Waals surface area contributed by atoms with Gasteiger partial charge in [0.2, 0.25) is 0 Å². The average Bonchev–Trinajstić information content (AvgIpc) is 3.17. The molecule has 0 unspecified atom stereocenters. The van der Waals surface area contributed by atoms with Crippen molar-refractivity contribution < 1.29 is 9.18 Å². The third-order valence-electron chi connectivity index (χ3n) is 2.92. The lowest BCUT2D eigenvalue weighted by Gasteiger charge is -2.06. The second-order valence-corrected chi connectivity index (χ2v) is 6.35. The molecule has 1 amide bonds. The SMILES string of the molecule is O=C(NN=Cc1cc(Br)cs1)c1cncn1-c1ccc(F)cc1. The van der Waals surface area contributed by atoms with Crippen molar-refractivity contribution in [3.8, 4) is 5.69 Å².